The van der Waals surface area contributed by atoms with Gasteiger partial charge in [0.25, 0.3) is 0 Å². The molecule has 2 unspecified atom stereocenters. The molecule has 0 bridgehead atoms. The lowest BCUT2D eigenvalue weighted by Crippen LogP contribution is -2.41. The van der Waals surface area contributed by atoms with E-state index < -0.39 is 0 Å². The first-order chi connectivity index (χ1) is 9.58. The molecule has 1 N–H and O–H groups in total. The van der Waals surface area contributed by atoms with Gasteiger partial charge in [-0.3, -0.25) is 4.79 Å². The first-order valence-corrected chi connectivity index (χ1v) is 7.36. The van der Waals surface area contributed by atoms with E-state index in [1.807, 2.05) is 0 Å². The predicted molar refractivity (Wildman–Crippen MR) is 74.1 cm³/mol. The van der Waals surface area contributed by atoms with Crippen LogP contribution in [0.4, 0.5) is 4.39 Å². The fourth-order valence-corrected chi connectivity index (χ4v) is 3.28. The molecule has 2 aliphatic rings. The third-order valence-electron chi connectivity index (χ3n) is 4.25. The Morgan fingerprint density at radius 2 is 2.05 bits per heavy atom. The number of benzene rings is 1. The van der Waals surface area contributed by atoms with Crippen LogP contribution in [-0.2, 0) is 4.79 Å². The van der Waals surface area contributed by atoms with Crippen LogP contribution in [0, 0.1) is 11.7 Å². The second kappa shape index (κ2) is 5.34. The second-order valence-corrected chi connectivity index (χ2v) is 6.05. The Morgan fingerprint density at radius 1 is 1.35 bits per heavy atom. The molecular formula is C15H17ClFNO2. The predicted octanol–water partition coefficient (Wildman–Crippen LogP) is 2.57. The van der Waals surface area contributed by atoms with E-state index in [9.17, 15) is 14.3 Å². The Bertz CT molecular complexity index is 508. The van der Waals surface area contributed by atoms with Crippen molar-refractivity contribution in [2.24, 2.45) is 5.92 Å². The minimum atomic E-state index is -0.327. The van der Waals surface area contributed by atoms with E-state index in [0.717, 1.165) is 0 Å². The van der Waals surface area contributed by atoms with E-state index in [4.69, 9.17) is 11.6 Å². The monoisotopic (exact) mass is 297 g/mol. The number of aliphatic hydroxyl groups excluding tert-OH is 1. The molecule has 3 nitrogen and oxygen atoms in total. The van der Waals surface area contributed by atoms with Crippen LogP contribution in [0.5, 0.6) is 0 Å². The summed E-state index contributed by atoms with van der Waals surface area (Å²) in [4.78, 5) is 14.1. The van der Waals surface area contributed by atoms with Crippen molar-refractivity contribution in [2.75, 3.05) is 13.1 Å². The van der Waals surface area contributed by atoms with Crippen LogP contribution < -0.4 is 0 Å². The topological polar surface area (TPSA) is 40.5 Å². The number of nitrogens with zero attached hydrogens (tertiary/aromatic N) is 1. The van der Waals surface area contributed by atoms with Crippen molar-refractivity contribution in [3.63, 3.8) is 0 Å². The molecule has 5 heteroatoms. The smallest absolute Gasteiger partial charge is 0.226 e. The van der Waals surface area contributed by atoms with Crippen LogP contribution in [0.15, 0.2) is 18.2 Å². The summed E-state index contributed by atoms with van der Waals surface area (Å²) in [6.07, 6.45) is 1.63. The molecular weight excluding hydrogens is 281 g/mol. The number of rotatable bonds is 2. The van der Waals surface area contributed by atoms with Crippen molar-refractivity contribution >= 4 is 17.5 Å². The quantitative estimate of drug-likeness (QED) is 0.911. The Kier molecular flexibility index (Phi) is 3.69. The molecule has 1 saturated carbocycles. The average molecular weight is 298 g/mol. The number of hydrogen-bond acceptors (Lipinski definition) is 2. The SMILES string of the molecule is O=C(C1CC1c1c(F)cccc1Cl)N1CCC(O)CC1. The van der Waals surface area contributed by atoms with E-state index in [1.54, 1.807) is 17.0 Å². The van der Waals surface area contributed by atoms with Crippen molar-refractivity contribution in [1.82, 2.24) is 4.90 Å². The third kappa shape index (κ3) is 2.54. The van der Waals surface area contributed by atoms with Gasteiger partial charge in [0.15, 0.2) is 0 Å². The number of hydrogen-bond donors (Lipinski definition) is 1. The second-order valence-electron chi connectivity index (χ2n) is 5.64. The summed E-state index contributed by atoms with van der Waals surface area (Å²) in [6.45, 7) is 1.18. The number of amides is 1. The molecule has 1 heterocycles. The summed E-state index contributed by atoms with van der Waals surface area (Å²) in [7, 11) is 0. The van der Waals surface area contributed by atoms with Crippen LogP contribution in [0.3, 0.4) is 0 Å². The highest BCUT2D eigenvalue weighted by Gasteiger charge is 2.48. The van der Waals surface area contributed by atoms with Gasteiger partial charge in [-0.25, -0.2) is 4.39 Å². The van der Waals surface area contributed by atoms with Crippen LogP contribution in [-0.4, -0.2) is 35.1 Å². The van der Waals surface area contributed by atoms with E-state index in [0.29, 0.717) is 42.9 Å². The van der Waals surface area contributed by atoms with Gasteiger partial charge in [-0.05, 0) is 31.4 Å². The van der Waals surface area contributed by atoms with Gasteiger partial charge < -0.3 is 10.0 Å². The molecule has 0 spiro atoms. The van der Waals surface area contributed by atoms with Crippen LogP contribution >= 0.6 is 11.6 Å². The zero-order chi connectivity index (χ0) is 14.3. The van der Waals surface area contributed by atoms with Crippen molar-refractivity contribution in [1.29, 1.82) is 0 Å². The van der Waals surface area contributed by atoms with Crippen LogP contribution in [0.25, 0.3) is 0 Å². The minimum absolute atomic E-state index is 0.0706. The summed E-state index contributed by atoms with van der Waals surface area (Å²) in [6, 6.07) is 4.63. The maximum atomic E-state index is 13.8. The summed E-state index contributed by atoms with van der Waals surface area (Å²) < 4.78 is 13.8. The number of halogens is 2. The third-order valence-corrected chi connectivity index (χ3v) is 4.58. The van der Waals surface area contributed by atoms with Gasteiger partial charge in [-0.15, -0.1) is 0 Å². The van der Waals surface area contributed by atoms with Crippen molar-refractivity contribution in [2.45, 2.75) is 31.3 Å². The lowest BCUT2D eigenvalue weighted by atomic mass is 10.1. The Hall–Kier alpha value is -1.13. The first-order valence-electron chi connectivity index (χ1n) is 6.98. The molecule has 0 aromatic heterocycles. The number of aliphatic hydroxyl groups is 1. The number of likely N-dealkylation sites (tertiary alicyclic amines) is 1. The molecule has 1 amide bonds. The normalized spacial score (nSPS) is 26.6. The van der Waals surface area contributed by atoms with Gasteiger partial charge >= 0.3 is 0 Å². The molecule has 1 aliphatic carbocycles. The lowest BCUT2D eigenvalue weighted by Gasteiger charge is -2.29. The highest BCUT2D eigenvalue weighted by Crippen LogP contribution is 2.51. The van der Waals surface area contributed by atoms with Gasteiger partial charge in [-0.1, -0.05) is 17.7 Å². The maximum Gasteiger partial charge on any atom is 0.226 e. The standard InChI is InChI=1S/C15H17ClFNO2/c16-12-2-1-3-13(17)14(12)10-8-11(10)15(20)18-6-4-9(19)5-7-18/h1-3,9-11,19H,4-8H2. The molecule has 3 rings (SSSR count). The van der Waals surface area contributed by atoms with Gasteiger partial charge in [0, 0.05) is 35.5 Å². The number of carbonyl (C=O) groups excluding carboxylic acids is 1. The Labute approximate surface area is 122 Å². The molecule has 1 aromatic carbocycles. The summed E-state index contributed by atoms with van der Waals surface area (Å²) in [5.41, 5.74) is 0.476. The first kappa shape index (κ1) is 13.8. The van der Waals surface area contributed by atoms with E-state index in [-0.39, 0.29) is 29.7 Å². The van der Waals surface area contributed by atoms with E-state index in [1.165, 1.54) is 6.07 Å². The zero-order valence-electron chi connectivity index (χ0n) is 11.1. The molecule has 108 valence electrons. The van der Waals surface area contributed by atoms with E-state index >= 15 is 0 Å². The molecule has 0 radical (unpaired) electrons. The molecule has 2 atom stereocenters. The average Bonchev–Trinajstić information content (AvgIpc) is 3.19. The summed E-state index contributed by atoms with van der Waals surface area (Å²) in [5, 5.41) is 9.86. The van der Waals surface area contributed by atoms with Crippen molar-refractivity contribution < 1.29 is 14.3 Å². The fraction of sp³-hybridized carbons (Fsp3) is 0.533. The van der Waals surface area contributed by atoms with E-state index in [2.05, 4.69) is 0 Å². The molecule has 2 fully saturated rings. The maximum absolute atomic E-state index is 13.8. The minimum Gasteiger partial charge on any atom is -0.393 e. The molecule has 1 aliphatic heterocycles. The van der Waals surface area contributed by atoms with Gasteiger partial charge in [0.2, 0.25) is 5.91 Å². The highest BCUT2D eigenvalue weighted by molar-refractivity contribution is 6.31. The van der Waals surface area contributed by atoms with Gasteiger partial charge in [-0.2, -0.15) is 0 Å². The largest absolute Gasteiger partial charge is 0.393 e. The lowest BCUT2D eigenvalue weighted by molar-refractivity contribution is -0.134. The number of piperidine rings is 1. The molecule has 1 aromatic rings. The summed E-state index contributed by atoms with van der Waals surface area (Å²) >= 11 is 6.04. The van der Waals surface area contributed by atoms with Gasteiger partial charge in [0.1, 0.15) is 5.82 Å². The Balaban J connectivity index is 1.68. The Morgan fingerprint density at radius 3 is 2.70 bits per heavy atom. The highest BCUT2D eigenvalue weighted by atomic mass is 35.5. The summed E-state index contributed by atoms with van der Waals surface area (Å²) in [5.74, 6) is -0.504. The fourth-order valence-electron chi connectivity index (χ4n) is 2.97. The zero-order valence-corrected chi connectivity index (χ0v) is 11.8. The van der Waals surface area contributed by atoms with Crippen molar-refractivity contribution in [3.05, 3.63) is 34.6 Å². The van der Waals surface area contributed by atoms with Gasteiger partial charge in [0.05, 0.1) is 6.10 Å². The van der Waals surface area contributed by atoms with Crippen LogP contribution in [0.2, 0.25) is 5.02 Å². The van der Waals surface area contributed by atoms with Crippen LogP contribution in [0.1, 0.15) is 30.7 Å². The number of carbonyl (C=O) groups is 1. The van der Waals surface area contributed by atoms with Crippen molar-refractivity contribution in [3.8, 4) is 0 Å². The molecule has 20 heavy (non-hydrogen) atoms. The molecule has 1 saturated heterocycles.